The SMILES string of the molecule is C1CCP2CP2P2CC23CC3C1. The minimum atomic E-state index is 0.705. The van der Waals surface area contributed by atoms with E-state index in [1.807, 2.05) is 0 Å². The molecule has 0 bridgehead atoms. The average Bonchev–Trinajstić information content (AvgIpc) is 2.93. The predicted molar refractivity (Wildman–Crippen MR) is 60.1 cm³/mol. The lowest BCUT2D eigenvalue weighted by atomic mass is 10.1. The molecule has 66 valence electrons. The summed E-state index contributed by atoms with van der Waals surface area (Å²) >= 11 is 0. The summed E-state index contributed by atoms with van der Waals surface area (Å²) in [5, 5.41) is 1.10. The van der Waals surface area contributed by atoms with Gasteiger partial charge in [-0.3, -0.25) is 0 Å². The van der Waals surface area contributed by atoms with E-state index in [1.165, 1.54) is 5.92 Å². The van der Waals surface area contributed by atoms with Gasteiger partial charge in [0.1, 0.15) is 0 Å². The van der Waals surface area contributed by atoms with Crippen LogP contribution in [0.5, 0.6) is 0 Å². The molecule has 0 radical (unpaired) electrons. The Bertz CT molecular complexity index is 242. The fourth-order valence-electron chi connectivity index (χ4n) is 3.00. The molecule has 1 aliphatic carbocycles. The lowest BCUT2D eigenvalue weighted by Gasteiger charge is -1.97. The van der Waals surface area contributed by atoms with Crippen molar-refractivity contribution in [1.29, 1.82) is 0 Å². The van der Waals surface area contributed by atoms with Gasteiger partial charge in [-0.15, -0.1) is 0 Å². The van der Waals surface area contributed by atoms with Gasteiger partial charge in [0.25, 0.3) is 0 Å². The van der Waals surface area contributed by atoms with Crippen LogP contribution in [0.1, 0.15) is 25.7 Å². The number of hydrogen-bond donors (Lipinski definition) is 0. The standard InChI is InChI=1S/C9H15P3/c1-2-4-10-7-12(10)11-6-9(11)5-8(9)3-1/h8H,1-7H2. The highest BCUT2D eigenvalue weighted by Gasteiger charge is 2.74. The molecule has 1 spiro atoms. The maximum absolute atomic E-state index is 1.78. The Morgan fingerprint density at radius 1 is 1.25 bits per heavy atom. The van der Waals surface area contributed by atoms with Crippen molar-refractivity contribution < 1.29 is 0 Å². The van der Waals surface area contributed by atoms with Crippen molar-refractivity contribution in [3.05, 3.63) is 0 Å². The van der Waals surface area contributed by atoms with Gasteiger partial charge in [0.2, 0.25) is 0 Å². The van der Waals surface area contributed by atoms with E-state index in [9.17, 15) is 0 Å². The van der Waals surface area contributed by atoms with E-state index in [1.54, 1.807) is 43.9 Å². The van der Waals surface area contributed by atoms with Crippen molar-refractivity contribution in [3.8, 4) is 0 Å². The first-order chi connectivity index (χ1) is 5.90. The first-order valence-corrected chi connectivity index (χ1v) is 11.4. The van der Waals surface area contributed by atoms with E-state index >= 15 is 0 Å². The second kappa shape index (κ2) is 2.27. The van der Waals surface area contributed by atoms with Gasteiger partial charge in [0.05, 0.1) is 0 Å². The third-order valence-corrected chi connectivity index (χ3v) is 21.2. The number of hydrogen-bond acceptors (Lipinski definition) is 0. The normalized spacial score (nSPS) is 66.0. The molecule has 0 aromatic carbocycles. The van der Waals surface area contributed by atoms with Crippen LogP contribution in [0.25, 0.3) is 0 Å². The van der Waals surface area contributed by atoms with Crippen molar-refractivity contribution in [2.24, 2.45) is 5.92 Å². The Balaban J connectivity index is 1.60. The van der Waals surface area contributed by atoms with E-state index in [2.05, 4.69) is 0 Å². The van der Waals surface area contributed by atoms with Crippen LogP contribution in [0.4, 0.5) is 0 Å². The third-order valence-electron chi connectivity index (χ3n) is 4.06. The lowest BCUT2D eigenvalue weighted by molar-refractivity contribution is 0.646. The molecule has 0 amide bonds. The molecule has 3 heteroatoms. The Hall–Kier alpha value is 1.29. The zero-order valence-corrected chi connectivity index (χ0v) is 10.1. The van der Waals surface area contributed by atoms with Gasteiger partial charge in [0, 0.05) is 5.16 Å². The molecule has 0 aromatic heterocycles. The highest BCUT2D eigenvalue weighted by Crippen LogP contribution is 3.13. The van der Waals surface area contributed by atoms with Crippen LogP contribution in [0.3, 0.4) is 0 Å². The molecule has 1 saturated carbocycles. The Kier molecular flexibility index (Phi) is 1.43. The van der Waals surface area contributed by atoms with Gasteiger partial charge in [-0.05, 0) is 43.4 Å². The van der Waals surface area contributed by atoms with Crippen LogP contribution in [0.2, 0.25) is 0 Å². The largest absolute Gasteiger partial charge is 0.0711 e. The molecule has 3 saturated heterocycles. The maximum atomic E-state index is 1.78. The summed E-state index contributed by atoms with van der Waals surface area (Å²) in [6.45, 7) is 0. The average molecular weight is 216 g/mol. The van der Waals surface area contributed by atoms with E-state index in [-0.39, 0.29) is 0 Å². The summed E-state index contributed by atoms with van der Waals surface area (Å²) in [4.78, 5) is 0. The topological polar surface area (TPSA) is 0 Å². The molecular formula is C9H15P3. The van der Waals surface area contributed by atoms with Gasteiger partial charge in [-0.25, -0.2) is 0 Å². The van der Waals surface area contributed by atoms with E-state index < -0.39 is 0 Å². The molecule has 3 heterocycles. The monoisotopic (exact) mass is 216 g/mol. The Morgan fingerprint density at radius 2 is 2.25 bits per heavy atom. The molecular weight excluding hydrogens is 201 g/mol. The molecule has 4 fully saturated rings. The van der Waals surface area contributed by atoms with Crippen LogP contribution in [0.15, 0.2) is 0 Å². The van der Waals surface area contributed by atoms with Crippen LogP contribution in [0, 0.1) is 5.92 Å². The van der Waals surface area contributed by atoms with Crippen LogP contribution in [-0.2, 0) is 0 Å². The molecule has 5 atom stereocenters. The van der Waals surface area contributed by atoms with Crippen LogP contribution in [-0.4, -0.2) is 23.4 Å². The summed E-state index contributed by atoms with van der Waals surface area (Å²) in [6, 6.07) is 0. The van der Waals surface area contributed by atoms with Gasteiger partial charge in [-0.1, -0.05) is 28.9 Å². The maximum Gasteiger partial charge on any atom is 0.00218 e. The van der Waals surface area contributed by atoms with Crippen molar-refractivity contribution in [2.45, 2.75) is 30.8 Å². The predicted octanol–water partition coefficient (Wildman–Crippen LogP) is 4.19. The minimum absolute atomic E-state index is 0.705. The fraction of sp³-hybridized carbons (Fsp3) is 1.00. The van der Waals surface area contributed by atoms with Crippen molar-refractivity contribution in [1.82, 2.24) is 0 Å². The molecule has 0 aromatic rings. The quantitative estimate of drug-likeness (QED) is 0.532. The molecule has 0 nitrogen and oxygen atoms in total. The van der Waals surface area contributed by atoms with E-state index in [4.69, 9.17) is 0 Å². The number of rotatable bonds is 0. The van der Waals surface area contributed by atoms with Gasteiger partial charge < -0.3 is 0 Å². The summed E-state index contributed by atoms with van der Waals surface area (Å²) in [5.74, 6) is 3.05. The van der Waals surface area contributed by atoms with Crippen LogP contribution >= 0.6 is 22.5 Å². The minimum Gasteiger partial charge on any atom is -0.0711 e. The van der Waals surface area contributed by atoms with Crippen molar-refractivity contribution in [3.63, 3.8) is 0 Å². The Morgan fingerprint density at radius 3 is 3.25 bits per heavy atom. The molecule has 0 N–H and O–H groups in total. The molecule has 12 heavy (non-hydrogen) atoms. The van der Waals surface area contributed by atoms with Crippen molar-refractivity contribution in [2.75, 3.05) is 18.2 Å². The highest BCUT2D eigenvalue weighted by atomic mass is 32.5. The highest BCUT2D eigenvalue weighted by molar-refractivity contribution is 8.73. The molecule has 3 aliphatic heterocycles. The van der Waals surface area contributed by atoms with Crippen LogP contribution < -0.4 is 0 Å². The van der Waals surface area contributed by atoms with Gasteiger partial charge >= 0.3 is 0 Å². The third kappa shape index (κ3) is 0.908. The summed E-state index contributed by atoms with van der Waals surface area (Å²) < 4.78 is 0. The second-order valence-electron chi connectivity index (χ2n) is 4.80. The fourth-order valence-corrected chi connectivity index (χ4v) is 25.4. The molecule has 5 unspecified atom stereocenters. The van der Waals surface area contributed by atoms with E-state index in [0.29, 0.717) is 15.2 Å². The van der Waals surface area contributed by atoms with E-state index in [0.717, 1.165) is 12.5 Å². The van der Waals surface area contributed by atoms with Crippen molar-refractivity contribution >= 4 is 22.5 Å². The lowest BCUT2D eigenvalue weighted by Crippen LogP contribution is -1.87. The van der Waals surface area contributed by atoms with Gasteiger partial charge in [0.15, 0.2) is 0 Å². The zero-order chi connectivity index (χ0) is 7.76. The first-order valence-electron chi connectivity index (χ1n) is 5.20. The summed E-state index contributed by atoms with van der Waals surface area (Å²) in [6.07, 6.45) is 9.99. The second-order valence-corrected chi connectivity index (χ2v) is 17.1. The molecule has 4 rings (SSSR count). The van der Waals surface area contributed by atoms with Gasteiger partial charge in [-0.2, -0.15) is 0 Å². The number of fused-ring (bicyclic) bond motifs is 2. The smallest absolute Gasteiger partial charge is 0.00218 e. The zero-order valence-electron chi connectivity index (χ0n) is 7.37. The summed E-state index contributed by atoms with van der Waals surface area (Å²) in [5.41, 5.74) is 0. The summed E-state index contributed by atoms with van der Waals surface area (Å²) in [7, 11) is 2.17. The Labute approximate surface area is 77.9 Å². The first kappa shape index (κ1) is 7.56. The molecule has 4 aliphatic rings.